The number of carbonyl (C=O) groups is 1. The quantitative estimate of drug-likeness (QED) is 0.565. The summed E-state index contributed by atoms with van der Waals surface area (Å²) in [5.41, 5.74) is 1.21. The Morgan fingerprint density at radius 2 is 2.12 bits per heavy atom. The number of hydrogen-bond acceptors (Lipinski definition) is 3. The molecule has 1 rings (SSSR count). The molecule has 0 amide bonds. The highest BCUT2D eigenvalue weighted by Crippen LogP contribution is 2.08. The van der Waals surface area contributed by atoms with Crippen molar-refractivity contribution in [3.63, 3.8) is 0 Å². The summed E-state index contributed by atoms with van der Waals surface area (Å²) in [6.07, 6.45) is 2.20. The molecule has 0 N–H and O–H groups in total. The van der Waals surface area contributed by atoms with E-state index >= 15 is 0 Å². The van der Waals surface area contributed by atoms with Crippen LogP contribution in [0, 0.1) is 0 Å². The molecular weight excluding hydrogens is 204 g/mol. The predicted molar refractivity (Wildman–Crippen MR) is 62.2 cm³/mol. The maximum absolute atomic E-state index is 10.9. The van der Waals surface area contributed by atoms with Crippen LogP contribution < -0.4 is 0 Å². The Labute approximate surface area is 95.7 Å². The van der Waals surface area contributed by atoms with E-state index in [9.17, 15) is 4.79 Å². The van der Waals surface area contributed by atoms with Gasteiger partial charge in [-0.1, -0.05) is 43.0 Å². The van der Waals surface area contributed by atoms with Gasteiger partial charge in [-0.25, -0.2) is 4.79 Å². The standard InChI is InChI=1S/C13H16O3/c1-3-12(16-13(14)15-2)10-9-11-7-5-4-6-8-11/h3-8,12H,1,9-10H2,2H3/t12-/m1/s1. The minimum atomic E-state index is -0.669. The Morgan fingerprint density at radius 1 is 1.44 bits per heavy atom. The van der Waals surface area contributed by atoms with Gasteiger partial charge in [0, 0.05) is 0 Å². The van der Waals surface area contributed by atoms with Crippen LogP contribution in [-0.2, 0) is 15.9 Å². The molecule has 0 aliphatic rings. The molecule has 0 aliphatic carbocycles. The second-order valence-electron chi connectivity index (χ2n) is 3.37. The summed E-state index contributed by atoms with van der Waals surface area (Å²) in [7, 11) is 1.29. The van der Waals surface area contributed by atoms with Crippen molar-refractivity contribution >= 4 is 6.16 Å². The van der Waals surface area contributed by atoms with Gasteiger partial charge < -0.3 is 9.47 Å². The Bertz CT molecular complexity index is 332. The molecule has 0 aromatic heterocycles. The lowest BCUT2D eigenvalue weighted by Crippen LogP contribution is -2.16. The van der Waals surface area contributed by atoms with Crippen LogP contribution >= 0.6 is 0 Å². The summed E-state index contributed by atoms with van der Waals surface area (Å²) in [4.78, 5) is 10.9. The van der Waals surface area contributed by atoms with Crippen molar-refractivity contribution in [2.24, 2.45) is 0 Å². The molecule has 0 fully saturated rings. The normalized spacial score (nSPS) is 11.6. The third-order valence-corrected chi connectivity index (χ3v) is 2.24. The highest BCUT2D eigenvalue weighted by molar-refractivity contribution is 5.60. The molecule has 1 atom stereocenters. The predicted octanol–water partition coefficient (Wildman–Crippen LogP) is 2.96. The van der Waals surface area contributed by atoms with Gasteiger partial charge in [-0.05, 0) is 18.4 Å². The number of aryl methyl sites for hydroxylation is 1. The molecule has 0 unspecified atom stereocenters. The second-order valence-corrected chi connectivity index (χ2v) is 3.37. The Hall–Kier alpha value is -1.77. The van der Waals surface area contributed by atoms with Crippen molar-refractivity contribution in [3.05, 3.63) is 48.6 Å². The molecule has 0 saturated heterocycles. The van der Waals surface area contributed by atoms with Crippen LogP contribution in [0.2, 0.25) is 0 Å². The highest BCUT2D eigenvalue weighted by Gasteiger charge is 2.10. The van der Waals surface area contributed by atoms with Crippen molar-refractivity contribution in [2.45, 2.75) is 18.9 Å². The second kappa shape index (κ2) is 6.67. The molecule has 0 bridgehead atoms. The zero-order chi connectivity index (χ0) is 11.8. The first-order valence-electron chi connectivity index (χ1n) is 5.17. The van der Waals surface area contributed by atoms with Crippen molar-refractivity contribution in [3.8, 4) is 0 Å². The topological polar surface area (TPSA) is 35.5 Å². The molecule has 0 heterocycles. The molecule has 3 nitrogen and oxygen atoms in total. The number of hydrogen-bond donors (Lipinski definition) is 0. The van der Waals surface area contributed by atoms with Gasteiger partial charge in [0.15, 0.2) is 0 Å². The van der Waals surface area contributed by atoms with Gasteiger partial charge in [-0.3, -0.25) is 0 Å². The largest absolute Gasteiger partial charge is 0.508 e. The van der Waals surface area contributed by atoms with Crippen molar-refractivity contribution < 1.29 is 14.3 Å². The van der Waals surface area contributed by atoms with E-state index in [1.807, 2.05) is 30.3 Å². The van der Waals surface area contributed by atoms with Gasteiger partial charge in [-0.2, -0.15) is 0 Å². The highest BCUT2D eigenvalue weighted by atomic mass is 16.7. The Morgan fingerprint density at radius 3 is 2.69 bits per heavy atom. The minimum absolute atomic E-state index is 0.298. The van der Waals surface area contributed by atoms with Crippen LogP contribution in [0.15, 0.2) is 43.0 Å². The van der Waals surface area contributed by atoms with E-state index in [1.54, 1.807) is 6.08 Å². The first kappa shape index (κ1) is 12.3. The Balaban J connectivity index is 2.40. The molecule has 86 valence electrons. The summed E-state index contributed by atoms with van der Waals surface area (Å²) >= 11 is 0. The average Bonchev–Trinajstić information content (AvgIpc) is 2.35. The van der Waals surface area contributed by atoms with E-state index in [1.165, 1.54) is 12.7 Å². The lowest BCUT2D eigenvalue weighted by atomic mass is 10.1. The fraction of sp³-hybridized carbons (Fsp3) is 0.308. The van der Waals surface area contributed by atoms with Crippen molar-refractivity contribution in [1.29, 1.82) is 0 Å². The number of rotatable bonds is 5. The SMILES string of the molecule is C=C[C@H](CCc1ccccc1)OC(=O)OC. The smallest absolute Gasteiger partial charge is 0.438 e. The first-order chi connectivity index (χ1) is 7.76. The third-order valence-electron chi connectivity index (χ3n) is 2.24. The Kier molecular flexibility index (Phi) is 5.12. The molecule has 3 heteroatoms. The minimum Gasteiger partial charge on any atom is -0.438 e. The molecule has 0 spiro atoms. The van der Waals surface area contributed by atoms with E-state index in [0.717, 1.165) is 6.42 Å². The number of carbonyl (C=O) groups excluding carboxylic acids is 1. The van der Waals surface area contributed by atoms with Gasteiger partial charge in [0.05, 0.1) is 7.11 Å². The third kappa shape index (κ3) is 4.17. The van der Waals surface area contributed by atoms with E-state index in [4.69, 9.17) is 4.74 Å². The van der Waals surface area contributed by atoms with Crippen molar-refractivity contribution in [2.75, 3.05) is 7.11 Å². The molecule has 0 aliphatic heterocycles. The fourth-order valence-electron chi connectivity index (χ4n) is 1.35. The maximum Gasteiger partial charge on any atom is 0.508 e. The van der Waals surface area contributed by atoms with Gasteiger partial charge in [0.1, 0.15) is 6.10 Å². The van der Waals surface area contributed by atoms with E-state index in [2.05, 4.69) is 11.3 Å². The van der Waals surface area contributed by atoms with E-state index in [-0.39, 0.29) is 6.10 Å². The molecule has 1 aromatic rings. The number of ether oxygens (including phenoxy) is 2. The van der Waals surface area contributed by atoms with Crippen LogP contribution in [0.25, 0.3) is 0 Å². The molecule has 0 saturated carbocycles. The first-order valence-corrected chi connectivity index (χ1v) is 5.17. The summed E-state index contributed by atoms with van der Waals surface area (Å²) in [6.45, 7) is 3.63. The number of methoxy groups -OCH3 is 1. The molecule has 1 aromatic carbocycles. The molecular formula is C13H16O3. The van der Waals surface area contributed by atoms with Gasteiger partial charge in [0.2, 0.25) is 0 Å². The van der Waals surface area contributed by atoms with Gasteiger partial charge in [0.25, 0.3) is 0 Å². The van der Waals surface area contributed by atoms with E-state index in [0.29, 0.717) is 6.42 Å². The monoisotopic (exact) mass is 220 g/mol. The molecule has 16 heavy (non-hydrogen) atoms. The van der Waals surface area contributed by atoms with Gasteiger partial charge >= 0.3 is 6.16 Å². The van der Waals surface area contributed by atoms with Crippen LogP contribution in [-0.4, -0.2) is 19.4 Å². The zero-order valence-corrected chi connectivity index (χ0v) is 9.39. The zero-order valence-electron chi connectivity index (χ0n) is 9.39. The lowest BCUT2D eigenvalue weighted by molar-refractivity contribution is 0.0502. The van der Waals surface area contributed by atoms with Crippen LogP contribution in [0.4, 0.5) is 4.79 Å². The summed E-state index contributed by atoms with van der Waals surface area (Å²) in [6, 6.07) is 10.0. The van der Waals surface area contributed by atoms with Crippen molar-refractivity contribution in [1.82, 2.24) is 0 Å². The summed E-state index contributed by atoms with van der Waals surface area (Å²) < 4.78 is 9.42. The van der Waals surface area contributed by atoms with Gasteiger partial charge in [-0.15, -0.1) is 0 Å². The average molecular weight is 220 g/mol. The maximum atomic E-state index is 10.9. The summed E-state index contributed by atoms with van der Waals surface area (Å²) in [5.74, 6) is 0. The van der Waals surface area contributed by atoms with Crippen LogP contribution in [0.5, 0.6) is 0 Å². The number of benzene rings is 1. The summed E-state index contributed by atoms with van der Waals surface area (Å²) in [5, 5.41) is 0. The lowest BCUT2D eigenvalue weighted by Gasteiger charge is -2.12. The fourth-order valence-corrected chi connectivity index (χ4v) is 1.35. The molecule has 0 radical (unpaired) electrons. The van der Waals surface area contributed by atoms with Crippen LogP contribution in [0.3, 0.4) is 0 Å². The van der Waals surface area contributed by atoms with Crippen LogP contribution in [0.1, 0.15) is 12.0 Å². The van der Waals surface area contributed by atoms with E-state index < -0.39 is 6.16 Å².